The molecule has 1 aliphatic rings. The molecule has 0 spiro atoms. The Balaban J connectivity index is 1.90. The normalized spacial score (nSPS) is 14.8. The lowest BCUT2D eigenvalue weighted by molar-refractivity contribution is -0.112. The van der Waals surface area contributed by atoms with Crippen LogP contribution in [-0.4, -0.2) is 124 Å². The average molecular weight is 849 g/mol. The number of aldehydes is 1. The minimum Gasteiger partial charge on any atom is -0.493 e. The Kier molecular flexibility index (Phi) is 32.3. The second-order valence-corrected chi connectivity index (χ2v) is 17.2. The van der Waals surface area contributed by atoms with Crippen LogP contribution in [0.5, 0.6) is 17.2 Å². The lowest BCUT2D eigenvalue weighted by atomic mass is 10.0. The number of methoxy groups -OCH3 is 2. The SMILES string of the molecule is CCCCCCCCCCCCC(O)CN(CCC(C=O)COc1c(OC)cc(C(=O)OCCCN2CCOCC2)cc1OC)CC(O)CCCCCCCCCCCC. The third-order valence-corrected chi connectivity index (χ3v) is 11.8. The van der Waals surface area contributed by atoms with Crippen molar-refractivity contribution in [2.24, 2.45) is 5.92 Å². The fourth-order valence-electron chi connectivity index (χ4n) is 8.00. The Hall–Kier alpha value is -2.44. The first-order chi connectivity index (χ1) is 29.3. The van der Waals surface area contributed by atoms with Crippen molar-refractivity contribution in [3.8, 4) is 17.2 Å². The van der Waals surface area contributed by atoms with Crippen LogP contribution < -0.4 is 14.2 Å². The summed E-state index contributed by atoms with van der Waals surface area (Å²) in [5.74, 6) is 0.0107. The van der Waals surface area contributed by atoms with E-state index in [9.17, 15) is 19.8 Å². The zero-order chi connectivity index (χ0) is 43.5. The molecule has 0 saturated carbocycles. The number of rotatable bonds is 40. The maximum Gasteiger partial charge on any atom is 0.338 e. The summed E-state index contributed by atoms with van der Waals surface area (Å²) in [5.41, 5.74) is 0.290. The number of carbonyl (C=O) groups excluding carboxylic acids is 2. The molecule has 1 heterocycles. The molecule has 2 N–H and O–H groups in total. The van der Waals surface area contributed by atoms with Gasteiger partial charge < -0.3 is 38.7 Å². The molecule has 0 aromatic heterocycles. The second kappa shape index (κ2) is 36.1. The van der Waals surface area contributed by atoms with Gasteiger partial charge in [0.1, 0.15) is 6.29 Å². The molecule has 1 aromatic carbocycles. The topological polar surface area (TPSA) is 127 Å². The number of aliphatic hydroxyl groups excluding tert-OH is 2. The standard InChI is InChI=1S/C49H88N2O9/c1-5-7-9-11-13-15-17-19-21-23-26-44(53)38-51(39-45(54)27-24-22-20-18-16-14-12-10-8-6-2)30-28-42(40-52)41-60-48-46(56-3)36-43(37-47(48)57-4)49(55)59-33-25-29-50-31-34-58-35-32-50/h36-37,40,42,44-45,53-54H,5-35,38-39,41H2,1-4H3. The maximum absolute atomic E-state index is 13.0. The molecule has 11 nitrogen and oxygen atoms in total. The molecule has 1 aromatic rings. The molecule has 3 unspecified atom stereocenters. The molecule has 348 valence electrons. The molecule has 1 fully saturated rings. The molecule has 3 atom stereocenters. The number of morpholine rings is 1. The molecule has 0 aliphatic carbocycles. The van der Waals surface area contributed by atoms with Crippen LogP contribution in [0.3, 0.4) is 0 Å². The van der Waals surface area contributed by atoms with Gasteiger partial charge in [-0.05, 0) is 44.4 Å². The van der Waals surface area contributed by atoms with Gasteiger partial charge in [-0.1, -0.05) is 142 Å². The summed E-state index contributed by atoms with van der Waals surface area (Å²) in [7, 11) is 2.99. The van der Waals surface area contributed by atoms with E-state index in [0.29, 0.717) is 49.9 Å². The molecule has 11 heteroatoms. The van der Waals surface area contributed by atoms with Crippen LogP contribution in [0, 0.1) is 5.92 Å². The van der Waals surface area contributed by atoms with E-state index in [-0.39, 0.29) is 12.2 Å². The molecule has 2 rings (SSSR count). The van der Waals surface area contributed by atoms with Gasteiger partial charge in [0.15, 0.2) is 11.5 Å². The van der Waals surface area contributed by atoms with Gasteiger partial charge in [-0.15, -0.1) is 0 Å². The predicted molar refractivity (Wildman–Crippen MR) is 243 cm³/mol. The lowest BCUT2D eigenvalue weighted by Crippen LogP contribution is -2.39. The third kappa shape index (κ3) is 25.5. The first kappa shape index (κ1) is 53.7. The molecular formula is C49H88N2O9. The summed E-state index contributed by atoms with van der Waals surface area (Å²) in [6, 6.07) is 3.15. The van der Waals surface area contributed by atoms with E-state index >= 15 is 0 Å². The average Bonchev–Trinajstić information content (AvgIpc) is 3.26. The fraction of sp³-hybridized carbons (Fsp3) is 0.837. The number of hydrogen-bond donors (Lipinski definition) is 2. The zero-order valence-corrected chi connectivity index (χ0v) is 38.7. The van der Waals surface area contributed by atoms with Gasteiger partial charge in [0.2, 0.25) is 5.75 Å². The molecule has 0 amide bonds. The smallest absolute Gasteiger partial charge is 0.338 e. The van der Waals surface area contributed by atoms with Gasteiger partial charge in [0.25, 0.3) is 0 Å². The number of nitrogens with zero attached hydrogens (tertiary/aromatic N) is 2. The second-order valence-electron chi connectivity index (χ2n) is 17.2. The van der Waals surface area contributed by atoms with E-state index in [4.69, 9.17) is 23.7 Å². The van der Waals surface area contributed by atoms with Crippen molar-refractivity contribution >= 4 is 12.3 Å². The number of esters is 1. The van der Waals surface area contributed by atoms with Crippen molar-refractivity contribution in [3.63, 3.8) is 0 Å². The van der Waals surface area contributed by atoms with Crippen molar-refractivity contribution in [1.82, 2.24) is 9.80 Å². The van der Waals surface area contributed by atoms with Crippen molar-refractivity contribution in [2.75, 3.05) is 79.9 Å². The number of unbranched alkanes of at least 4 members (excludes halogenated alkanes) is 18. The summed E-state index contributed by atoms with van der Waals surface area (Å²) in [4.78, 5) is 29.7. The largest absolute Gasteiger partial charge is 0.493 e. The van der Waals surface area contributed by atoms with Crippen LogP contribution in [0.4, 0.5) is 0 Å². The van der Waals surface area contributed by atoms with Gasteiger partial charge in [-0.25, -0.2) is 4.79 Å². The monoisotopic (exact) mass is 849 g/mol. The Morgan fingerprint density at radius 2 is 1.18 bits per heavy atom. The van der Waals surface area contributed by atoms with Crippen LogP contribution in [0.1, 0.15) is 178 Å². The van der Waals surface area contributed by atoms with E-state index in [0.717, 1.165) is 84.1 Å². The minimum absolute atomic E-state index is 0.0811. The van der Waals surface area contributed by atoms with E-state index in [1.54, 1.807) is 12.1 Å². The highest BCUT2D eigenvalue weighted by Gasteiger charge is 2.22. The first-order valence-corrected chi connectivity index (χ1v) is 24.2. The van der Waals surface area contributed by atoms with Crippen LogP contribution >= 0.6 is 0 Å². The van der Waals surface area contributed by atoms with Crippen LogP contribution in [0.2, 0.25) is 0 Å². The Labute approximate surface area is 365 Å². The van der Waals surface area contributed by atoms with Crippen LogP contribution in [0.15, 0.2) is 12.1 Å². The number of carbonyl (C=O) groups is 2. The summed E-state index contributed by atoms with van der Waals surface area (Å²) in [6.45, 7) is 10.4. The Morgan fingerprint density at radius 3 is 1.63 bits per heavy atom. The molecule has 1 aliphatic heterocycles. The lowest BCUT2D eigenvalue weighted by Gasteiger charge is -2.28. The molecule has 60 heavy (non-hydrogen) atoms. The van der Waals surface area contributed by atoms with E-state index < -0.39 is 24.1 Å². The van der Waals surface area contributed by atoms with Crippen molar-refractivity contribution in [2.45, 2.75) is 180 Å². The van der Waals surface area contributed by atoms with Crippen LogP contribution in [0.25, 0.3) is 0 Å². The van der Waals surface area contributed by atoms with E-state index in [1.165, 1.54) is 117 Å². The highest BCUT2D eigenvalue weighted by atomic mass is 16.5. The maximum atomic E-state index is 13.0. The summed E-state index contributed by atoms with van der Waals surface area (Å²) in [6.07, 6.45) is 27.7. The van der Waals surface area contributed by atoms with Crippen molar-refractivity contribution < 1.29 is 43.5 Å². The van der Waals surface area contributed by atoms with Gasteiger partial charge in [-0.2, -0.15) is 0 Å². The fourth-order valence-corrected chi connectivity index (χ4v) is 8.00. The minimum atomic E-state index is -0.488. The summed E-state index contributed by atoms with van der Waals surface area (Å²) in [5, 5.41) is 22.2. The molecule has 0 radical (unpaired) electrons. The van der Waals surface area contributed by atoms with Crippen LogP contribution in [-0.2, 0) is 14.3 Å². The predicted octanol–water partition coefficient (Wildman–Crippen LogP) is 9.81. The summed E-state index contributed by atoms with van der Waals surface area (Å²) >= 11 is 0. The van der Waals surface area contributed by atoms with Gasteiger partial charge in [0, 0.05) is 38.6 Å². The number of hydrogen-bond acceptors (Lipinski definition) is 11. The molecule has 1 saturated heterocycles. The summed E-state index contributed by atoms with van der Waals surface area (Å²) < 4.78 is 28.3. The Bertz CT molecular complexity index is 1140. The quantitative estimate of drug-likeness (QED) is 0.0372. The van der Waals surface area contributed by atoms with Crippen molar-refractivity contribution in [3.05, 3.63) is 17.7 Å². The third-order valence-electron chi connectivity index (χ3n) is 11.8. The molecular weight excluding hydrogens is 761 g/mol. The van der Waals surface area contributed by atoms with Gasteiger partial charge >= 0.3 is 5.97 Å². The zero-order valence-electron chi connectivity index (χ0n) is 38.7. The molecule has 0 bridgehead atoms. The van der Waals surface area contributed by atoms with E-state index in [2.05, 4.69) is 23.6 Å². The Morgan fingerprint density at radius 1 is 0.717 bits per heavy atom. The van der Waals surface area contributed by atoms with Crippen molar-refractivity contribution in [1.29, 1.82) is 0 Å². The number of ether oxygens (including phenoxy) is 5. The first-order valence-electron chi connectivity index (χ1n) is 24.2. The van der Waals surface area contributed by atoms with E-state index in [1.807, 2.05) is 0 Å². The van der Waals surface area contributed by atoms with Gasteiger partial charge in [0.05, 0.1) is 58.4 Å². The number of aliphatic hydroxyl groups is 2. The highest BCUT2D eigenvalue weighted by Crippen LogP contribution is 2.39. The number of benzene rings is 1. The highest BCUT2D eigenvalue weighted by molar-refractivity contribution is 5.91. The van der Waals surface area contributed by atoms with Gasteiger partial charge in [-0.3, -0.25) is 9.80 Å².